The summed E-state index contributed by atoms with van der Waals surface area (Å²) >= 11 is 6.18. The summed E-state index contributed by atoms with van der Waals surface area (Å²) in [5.41, 5.74) is 0.738. The number of benzene rings is 1. The third-order valence-corrected chi connectivity index (χ3v) is 4.59. The molecular weight excluding hydrogens is 400 g/mol. The standard InChI is InChI=1S/C20H23ClN2O6/c1-3-28-19(26)16-11-15(22-23-16)17(24)10-13(18(25)20(27)29-4-2)9-12-7-5-6-8-14(12)21/h5-8,11,13,18,25H,3-4,9-10H2,1-2H3,(H,22,23)/t13-,18+/m0/s1. The van der Waals surface area contributed by atoms with Gasteiger partial charge in [-0.2, -0.15) is 5.10 Å². The molecule has 1 aromatic heterocycles. The van der Waals surface area contributed by atoms with Crippen LogP contribution in [0.25, 0.3) is 0 Å². The molecular formula is C20H23ClN2O6. The number of rotatable bonds is 10. The summed E-state index contributed by atoms with van der Waals surface area (Å²) in [4.78, 5) is 36.5. The van der Waals surface area contributed by atoms with Crippen molar-refractivity contribution >= 4 is 29.3 Å². The minimum Gasteiger partial charge on any atom is -0.464 e. The van der Waals surface area contributed by atoms with E-state index < -0.39 is 29.7 Å². The number of aliphatic hydroxyl groups is 1. The van der Waals surface area contributed by atoms with Gasteiger partial charge in [-0.05, 0) is 31.9 Å². The van der Waals surface area contributed by atoms with Gasteiger partial charge in [-0.1, -0.05) is 29.8 Å². The van der Waals surface area contributed by atoms with Crippen LogP contribution < -0.4 is 0 Å². The maximum atomic E-state index is 12.7. The predicted molar refractivity (Wildman–Crippen MR) is 105 cm³/mol. The first-order chi connectivity index (χ1) is 13.9. The van der Waals surface area contributed by atoms with Crippen LogP contribution in [-0.2, 0) is 20.7 Å². The number of carbonyl (C=O) groups excluding carboxylic acids is 3. The van der Waals surface area contributed by atoms with Crippen LogP contribution >= 0.6 is 11.6 Å². The number of hydrogen-bond donors (Lipinski definition) is 2. The number of nitrogens with one attached hydrogen (secondary N) is 1. The van der Waals surface area contributed by atoms with E-state index in [1.165, 1.54) is 6.07 Å². The molecule has 29 heavy (non-hydrogen) atoms. The molecule has 0 bridgehead atoms. The van der Waals surface area contributed by atoms with Gasteiger partial charge in [0.2, 0.25) is 0 Å². The van der Waals surface area contributed by atoms with Gasteiger partial charge >= 0.3 is 11.9 Å². The highest BCUT2D eigenvalue weighted by atomic mass is 35.5. The smallest absolute Gasteiger partial charge is 0.356 e. The second kappa shape index (κ2) is 10.7. The van der Waals surface area contributed by atoms with Crippen molar-refractivity contribution in [2.45, 2.75) is 32.8 Å². The second-order valence-corrected chi connectivity index (χ2v) is 6.67. The van der Waals surface area contributed by atoms with Crippen molar-refractivity contribution in [1.82, 2.24) is 10.2 Å². The second-order valence-electron chi connectivity index (χ2n) is 6.27. The van der Waals surface area contributed by atoms with Gasteiger partial charge in [-0.25, -0.2) is 9.59 Å². The molecule has 2 atom stereocenters. The maximum absolute atomic E-state index is 12.7. The van der Waals surface area contributed by atoms with E-state index in [-0.39, 0.29) is 37.4 Å². The predicted octanol–water partition coefficient (Wildman–Crippen LogP) is 2.60. The number of Topliss-reactive ketones (excluding diaryl/α,β-unsaturated/α-hetero) is 1. The van der Waals surface area contributed by atoms with E-state index in [0.29, 0.717) is 10.6 Å². The molecule has 0 unspecified atom stereocenters. The lowest BCUT2D eigenvalue weighted by Crippen LogP contribution is -2.34. The molecule has 0 amide bonds. The van der Waals surface area contributed by atoms with Crippen LogP contribution in [0.15, 0.2) is 30.3 Å². The number of carbonyl (C=O) groups is 3. The quantitative estimate of drug-likeness (QED) is 0.446. The van der Waals surface area contributed by atoms with Gasteiger partial charge in [-0.3, -0.25) is 9.89 Å². The first kappa shape index (κ1) is 22.6. The molecule has 1 heterocycles. The Morgan fingerprint density at radius 2 is 1.86 bits per heavy atom. The number of esters is 2. The number of halogens is 1. The summed E-state index contributed by atoms with van der Waals surface area (Å²) in [6.07, 6.45) is -1.53. The van der Waals surface area contributed by atoms with Crippen LogP contribution in [0.1, 0.15) is 46.8 Å². The summed E-state index contributed by atoms with van der Waals surface area (Å²) < 4.78 is 9.74. The SMILES string of the molecule is CCOC(=O)c1cc(C(=O)C[C@H](Cc2ccccc2Cl)[C@@H](O)C(=O)OCC)n[nH]1. The largest absolute Gasteiger partial charge is 0.464 e. The molecule has 2 rings (SSSR count). The van der Waals surface area contributed by atoms with Crippen molar-refractivity contribution in [3.8, 4) is 0 Å². The maximum Gasteiger partial charge on any atom is 0.356 e. The van der Waals surface area contributed by atoms with E-state index in [9.17, 15) is 19.5 Å². The lowest BCUT2D eigenvalue weighted by atomic mass is 9.88. The van der Waals surface area contributed by atoms with E-state index in [1.807, 2.05) is 0 Å². The molecule has 8 nitrogen and oxygen atoms in total. The third kappa shape index (κ3) is 6.13. The summed E-state index contributed by atoms with van der Waals surface area (Å²) in [6, 6.07) is 8.26. The normalized spacial score (nSPS) is 12.8. The Kier molecular flexibility index (Phi) is 8.35. The fourth-order valence-corrected chi connectivity index (χ4v) is 3.00. The zero-order chi connectivity index (χ0) is 21.4. The molecule has 1 aromatic carbocycles. The van der Waals surface area contributed by atoms with Crippen molar-refractivity contribution in [2.75, 3.05) is 13.2 Å². The molecule has 2 aromatic rings. The molecule has 0 saturated heterocycles. The minimum atomic E-state index is -1.52. The molecule has 2 N–H and O–H groups in total. The number of aromatic amines is 1. The van der Waals surface area contributed by atoms with Crippen LogP contribution in [0.5, 0.6) is 0 Å². The molecule has 0 aliphatic heterocycles. The number of hydrogen-bond acceptors (Lipinski definition) is 7. The summed E-state index contributed by atoms with van der Waals surface area (Å²) in [6.45, 7) is 3.58. The fraction of sp³-hybridized carbons (Fsp3) is 0.400. The lowest BCUT2D eigenvalue weighted by molar-refractivity contribution is -0.155. The zero-order valence-corrected chi connectivity index (χ0v) is 16.9. The molecule has 9 heteroatoms. The summed E-state index contributed by atoms with van der Waals surface area (Å²) in [7, 11) is 0. The van der Waals surface area contributed by atoms with Gasteiger partial charge in [0, 0.05) is 23.4 Å². The van der Waals surface area contributed by atoms with Crippen LogP contribution in [0, 0.1) is 5.92 Å². The molecule has 0 aliphatic carbocycles. The van der Waals surface area contributed by atoms with Crippen molar-refractivity contribution in [1.29, 1.82) is 0 Å². The van der Waals surface area contributed by atoms with Crippen LogP contribution in [0.3, 0.4) is 0 Å². The summed E-state index contributed by atoms with van der Waals surface area (Å²) in [5.74, 6) is -2.67. The Hall–Kier alpha value is -2.71. The Balaban J connectivity index is 2.20. The number of nitrogens with zero attached hydrogens (tertiary/aromatic N) is 1. The van der Waals surface area contributed by atoms with Gasteiger partial charge < -0.3 is 14.6 Å². The highest BCUT2D eigenvalue weighted by molar-refractivity contribution is 6.31. The number of aliphatic hydroxyl groups excluding tert-OH is 1. The van der Waals surface area contributed by atoms with E-state index in [4.69, 9.17) is 21.1 Å². The first-order valence-corrected chi connectivity index (χ1v) is 9.58. The van der Waals surface area contributed by atoms with Gasteiger partial charge in [0.1, 0.15) is 11.4 Å². The minimum absolute atomic E-state index is 0.00766. The monoisotopic (exact) mass is 422 g/mol. The number of ketones is 1. The Morgan fingerprint density at radius 3 is 2.52 bits per heavy atom. The van der Waals surface area contributed by atoms with E-state index in [1.54, 1.807) is 38.1 Å². The molecule has 0 fully saturated rings. The topological polar surface area (TPSA) is 119 Å². The van der Waals surface area contributed by atoms with Crippen molar-refractivity contribution in [3.63, 3.8) is 0 Å². The van der Waals surface area contributed by atoms with Gasteiger partial charge in [0.25, 0.3) is 0 Å². The molecule has 0 spiro atoms. The van der Waals surface area contributed by atoms with E-state index in [0.717, 1.165) is 0 Å². The number of ether oxygens (including phenoxy) is 2. The van der Waals surface area contributed by atoms with Gasteiger partial charge in [0.15, 0.2) is 11.9 Å². The third-order valence-electron chi connectivity index (χ3n) is 4.22. The highest BCUT2D eigenvalue weighted by Crippen LogP contribution is 2.24. The van der Waals surface area contributed by atoms with Crippen LogP contribution in [-0.4, -0.2) is 52.3 Å². The number of aromatic nitrogens is 2. The van der Waals surface area contributed by atoms with Crippen molar-refractivity contribution < 1.29 is 29.0 Å². The van der Waals surface area contributed by atoms with Gasteiger partial charge in [0.05, 0.1) is 13.2 Å². The van der Waals surface area contributed by atoms with Crippen molar-refractivity contribution in [3.05, 3.63) is 52.3 Å². The molecule has 156 valence electrons. The average Bonchev–Trinajstić information content (AvgIpc) is 3.19. The van der Waals surface area contributed by atoms with Crippen LogP contribution in [0.4, 0.5) is 0 Å². The van der Waals surface area contributed by atoms with E-state index in [2.05, 4.69) is 10.2 Å². The average molecular weight is 423 g/mol. The van der Waals surface area contributed by atoms with E-state index >= 15 is 0 Å². The van der Waals surface area contributed by atoms with Crippen LogP contribution in [0.2, 0.25) is 5.02 Å². The fourth-order valence-electron chi connectivity index (χ4n) is 2.78. The zero-order valence-electron chi connectivity index (χ0n) is 16.2. The van der Waals surface area contributed by atoms with Crippen molar-refractivity contribution in [2.24, 2.45) is 5.92 Å². The Morgan fingerprint density at radius 1 is 1.17 bits per heavy atom. The molecule has 0 radical (unpaired) electrons. The Bertz CT molecular complexity index is 866. The molecule has 0 saturated carbocycles. The highest BCUT2D eigenvalue weighted by Gasteiger charge is 2.31. The number of H-pyrrole nitrogens is 1. The summed E-state index contributed by atoms with van der Waals surface area (Å²) in [5, 5.41) is 17.2. The van der Waals surface area contributed by atoms with Gasteiger partial charge in [-0.15, -0.1) is 0 Å². The molecule has 0 aliphatic rings. The Labute approximate surface area is 173 Å². The first-order valence-electron chi connectivity index (χ1n) is 9.21. The lowest BCUT2D eigenvalue weighted by Gasteiger charge is -2.21.